The van der Waals surface area contributed by atoms with E-state index in [4.69, 9.17) is 5.73 Å². The summed E-state index contributed by atoms with van der Waals surface area (Å²) in [4.78, 5) is 5.16. The number of nitrogen functional groups attached to an aromatic ring is 1. The van der Waals surface area contributed by atoms with E-state index in [-0.39, 0.29) is 10.9 Å². The second-order valence-electron chi connectivity index (χ2n) is 4.57. The molecule has 1 unspecified atom stereocenters. The van der Waals surface area contributed by atoms with E-state index in [0.717, 1.165) is 4.88 Å². The Labute approximate surface area is 123 Å². The van der Waals surface area contributed by atoms with Crippen LogP contribution in [-0.4, -0.2) is 30.8 Å². The fraction of sp³-hybridized carbons (Fsp3) is 0.308. The van der Waals surface area contributed by atoms with Gasteiger partial charge in [-0.05, 0) is 36.9 Å². The van der Waals surface area contributed by atoms with Gasteiger partial charge in [0.25, 0.3) is 0 Å². The van der Waals surface area contributed by atoms with Crippen LogP contribution >= 0.6 is 11.3 Å². The highest BCUT2D eigenvalue weighted by Crippen LogP contribution is 2.20. The molecule has 0 saturated carbocycles. The maximum Gasteiger partial charge on any atom is 0.244 e. The molecule has 2 rings (SSSR count). The second-order valence-corrected chi connectivity index (χ2v) is 7.60. The Morgan fingerprint density at radius 2 is 2.15 bits per heavy atom. The van der Waals surface area contributed by atoms with E-state index >= 15 is 0 Å². The first kappa shape index (κ1) is 15.0. The molecule has 0 fully saturated rings. The van der Waals surface area contributed by atoms with Crippen LogP contribution < -0.4 is 5.73 Å². The first-order valence-corrected chi connectivity index (χ1v) is 8.45. The maximum atomic E-state index is 12.5. The summed E-state index contributed by atoms with van der Waals surface area (Å²) < 4.78 is 26.3. The minimum atomic E-state index is -3.54. The predicted molar refractivity (Wildman–Crippen MR) is 81.1 cm³/mol. The van der Waals surface area contributed by atoms with Crippen molar-refractivity contribution < 1.29 is 8.42 Å². The van der Waals surface area contributed by atoms with Crippen molar-refractivity contribution in [2.24, 2.45) is 0 Å². The molecule has 1 atom stereocenters. The molecule has 0 bridgehead atoms. The van der Waals surface area contributed by atoms with Crippen molar-refractivity contribution >= 4 is 27.2 Å². The molecule has 2 heterocycles. The summed E-state index contributed by atoms with van der Waals surface area (Å²) in [6.45, 7) is 1.89. The average molecular weight is 311 g/mol. The van der Waals surface area contributed by atoms with Gasteiger partial charge in [0.2, 0.25) is 10.0 Å². The largest absolute Gasteiger partial charge is 0.384 e. The topological polar surface area (TPSA) is 76.3 Å². The van der Waals surface area contributed by atoms with E-state index in [0.29, 0.717) is 12.2 Å². The number of hydrogen-bond donors (Lipinski definition) is 1. The Morgan fingerprint density at radius 3 is 2.70 bits per heavy atom. The third-order valence-corrected chi connectivity index (χ3v) is 5.99. The van der Waals surface area contributed by atoms with E-state index < -0.39 is 10.0 Å². The number of nitrogens with zero attached hydrogens (tertiary/aromatic N) is 2. The van der Waals surface area contributed by atoms with Crippen molar-refractivity contribution in [1.82, 2.24) is 9.29 Å². The Morgan fingerprint density at radius 1 is 1.40 bits per heavy atom. The quantitative estimate of drug-likeness (QED) is 0.916. The van der Waals surface area contributed by atoms with Gasteiger partial charge in [-0.3, -0.25) is 0 Å². The van der Waals surface area contributed by atoms with E-state index in [1.807, 2.05) is 24.4 Å². The zero-order valence-electron chi connectivity index (χ0n) is 11.4. The van der Waals surface area contributed by atoms with Crippen LogP contribution in [0.3, 0.4) is 0 Å². The van der Waals surface area contributed by atoms with Gasteiger partial charge in [-0.2, -0.15) is 4.31 Å². The summed E-state index contributed by atoms with van der Waals surface area (Å²) in [5.74, 6) is 0.304. The van der Waals surface area contributed by atoms with Crippen molar-refractivity contribution in [2.75, 3.05) is 12.8 Å². The van der Waals surface area contributed by atoms with Gasteiger partial charge in [0.05, 0.1) is 0 Å². The number of thiophene rings is 1. The summed E-state index contributed by atoms with van der Waals surface area (Å²) in [6, 6.07) is 6.81. The van der Waals surface area contributed by atoms with Gasteiger partial charge < -0.3 is 5.73 Å². The van der Waals surface area contributed by atoms with Gasteiger partial charge in [-0.15, -0.1) is 11.3 Å². The Balaban J connectivity index is 2.18. The summed E-state index contributed by atoms with van der Waals surface area (Å²) in [5, 5.41) is 1.99. The molecule has 0 amide bonds. The summed E-state index contributed by atoms with van der Waals surface area (Å²) in [5.41, 5.74) is 5.48. The van der Waals surface area contributed by atoms with E-state index in [2.05, 4.69) is 4.98 Å². The van der Waals surface area contributed by atoms with Crippen molar-refractivity contribution in [3.63, 3.8) is 0 Å². The fourth-order valence-electron chi connectivity index (χ4n) is 1.80. The second kappa shape index (κ2) is 5.90. The molecule has 2 aromatic rings. The molecule has 0 spiro atoms. The normalized spacial score (nSPS) is 13.6. The summed E-state index contributed by atoms with van der Waals surface area (Å²) >= 11 is 1.63. The smallest absolute Gasteiger partial charge is 0.244 e. The molecule has 2 N–H and O–H groups in total. The van der Waals surface area contributed by atoms with Crippen molar-refractivity contribution in [1.29, 1.82) is 0 Å². The first-order chi connectivity index (χ1) is 9.41. The molecule has 20 heavy (non-hydrogen) atoms. The van der Waals surface area contributed by atoms with Gasteiger partial charge in [-0.25, -0.2) is 13.4 Å². The van der Waals surface area contributed by atoms with Crippen LogP contribution in [0, 0.1) is 0 Å². The molecule has 0 aliphatic carbocycles. The van der Waals surface area contributed by atoms with Crippen LogP contribution in [0.15, 0.2) is 40.7 Å². The monoisotopic (exact) mass is 311 g/mol. The SMILES string of the molecule is CC(Cc1cccs1)N(C)S(=O)(=O)c1ccc(N)nc1. The lowest BCUT2D eigenvalue weighted by molar-refractivity contribution is 0.388. The highest BCUT2D eigenvalue weighted by atomic mass is 32.2. The highest BCUT2D eigenvalue weighted by Gasteiger charge is 2.25. The Bertz CT molecular complexity index is 651. The molecule has 0 aromatic carbocycles. The predicted octanol–water partition coefficient (Wildman–Crippen LogP) is 1.98. The lowest BCUT2D eigenvalue weighted by Crippen LogP contribution is -2.36. The van der Waals surface area contributed by atoms with Gasteiger partial charge in [0.1, 0.15) is 10.7 Å². The minimum Gasteiger partial charge on any atom is -0.384 e. The standard InChI is InChI=1S/C13H17N3O2S2/c1-10(8-11-4-3-7-19-11)16(2)20(17,18)12-5-6-13(14)15-9-12/h3-7,9-10H,8H2,1-2H3,(H2,14,15). The van der Waals surface area contributed by atoms with Crippen LogP contribution in [-0.2, 0) is 16.4 Å². The first-order valence-electron chi connectivity index (χ1n) is 6.13. The van der Waals surface area contributed by atoms with Crippen molar-refractivity contribution in [2.45, 2.75) is 24.3 Å². The van der Waals surface area contributed by atoms with Gasteiger partial charge >= 0.3 is 0 Å². The van der Waals surface area contributed by atoms with E-state index in [1.54, 1.807) is 18.4 Å². The van der Waals surface area contributed by atoms with Gasteiger partial charge in [0, 0.05) is 24.2 Å². The molecular weight excluding hydrogens is 294 g/mol. The van der Waals surface area contributed by atoms with Crippen LogP contribution in [0.1, 0.15) is 11.8 Å². The third kappa shape index (κ3) is 3.17. The molecule has 2 aromatic heterocycles. The minimum absolute atomic E-state index is 0.129. The van der Waals surface area contributed by atoms with Gasteiger partial charge in [0.15, 0.2) is 0 Å². The van der Waals surface area contributed by atoms with Crippen LogP contribution in [0.25, 0.3) is 0 Å². The average Bonchev–Trinajstić information content (AvgIpc) is 2.91. The third-order valence-electron chi connectivity index (χ3n) is 3.13. The molecule has 0 aliphatic rings. The summed E-state index contributed by atoms with van der Waals surface area (Å²) in [7, 11) is -1.95. The fourth-order valence-corrected chi connectivity index (χ4v) is 3.93. The maximum absolute atomic E-state index is 12.5. The number of nitrogens with two attached hydrogens (primary N) is 1. The molecule has 108 valence electrons. The lowest BCUT2D eigenvalue weighted by atomic mass is 10.2. The van der Waals surface area contributed by atoms with E-state index in [9.17, 15) is 8.42 Å². The number of sulfonamides is 1. The zero-order valence-corrected chi connectivity index (χ0v) is 13.0. The molecular formula is C13H17N3O2S2. The van der Waals surface area contributed by atoms with Crippen molar-refractivity contribution in [3.8, 4) is 0 Å². The zero-order chi connectivity index (χ0) is 14.8. The Kier molecular flexibility index (Phi) is 4.42. The van der Waals surface area contributed by atoms with Crippen LogP contribution in [0.5, 0.6) is 0 Å². The molecule has 7 heteroatoms. The van der Waals surface area contributed by atoms with Crippen LogP contribution in [0.2, 0.25) is 0 Å². The molecule has 5 nitrogen and oxygen atoms in total. The number of aromatic nitrogens is 1. The van der Waals surface area contributed by atoms with Crippen molar-refractivity contribution in [3.05, 3.63) is 40.7 Å². The van der Waals surface area contributed by atoms with E-state index in [1.165, 1.54) is 22.6 Å². The summed E-state index contributed by atoms with van der Waals surface area (Å²) in [6.07, 6.45) is 1.98. The lowest BCUT2D eigenvalue weighted by Gasteiger charge is -2.23. The van der Waals surface area contributed by atoms with Gasteiger partial charge in [-0.1, -0.05) is 6.07 Å². The number of pyridine rings is 1. The Hall–Kier alpha value is -1.44. The highest BCUT2D eigenvalue weighted by molar-refractivity contribution is 7.89. The molecule has 0 aliphatic heterocycles. The number of likely N-dealkylation sites (N-methyl/N-ethyl adjacent to an activating group) is 1. The number of rotatable bonds is 5. The number of anilines is 1. The number of hydrogen-bond acceptors (Lipinski definition) is 5. The molecule has 0 saturated heterocycles. The van der Waals surface area contributed by atoms with Crippen LogP contribution in [0.4, 0.5) is 5.82 Å². The molecule has 0 radical (unpaired) electrons.